The van der Waals surface area contributed by atoms with E-state index in [0.717, 1.165) is 12.1 Å². The van der Waals surface area contributed by atoms with Gasteiger partial charge in [0.1, 0.15) is 11.5 Å². The SMILES string of the molecule is O=C(/C=C/c1ccc(-c2ccc(Cl)cc2Cl)o1)NC(=S)Nc1ccc(F)c([N+](=O)[O-])c1. The molecule has 7 nitrogen and oxygen atoms in total. The van der Waals surface area contributed by atoms with Crippen molar-refractivity contribution in [2.75, 3.05) is 5.32 Å². The van der Waals surface area contributed by atoms with Crippen LogP contribution in [0.4, 0.5) is 15.8 Å². The van der Waals surface area contributed by atoms with E-state index in [2.05, 4.69) is 10.6 Å². The van der Waals surface area contributed by atoms with E-state index in [1.54, 1.807) is 30.3 Å². The zero-order valence-corrected chi connectivity index (χ0v) is 17.7. The van der Waals surface area contributed by atoms with Gasteiger partial charge in [0.25, 0.3) is 0 Å². The van der Waals surface area contributed by atoms with Crippen LogP contribution in [0.25, 0.3) is 17.4 Å². The maximum Gasteiger partial charge on any atom is 0.306 e. The van der Waals surface area contributed by atoms with Crippen LogP contribution in [0.2, 0.25) is 10.0 Å². The van der Waals surface area contributed by atoms with Gasteiger partial charge in [-0.1, -0.05) is 23.2 Å². The Kier molecular flexibility index (Phi) is 7.01. The van der Waals surface area contributed by atoms with E-state index in [1.165, 1.54) is 18.2 Å². The molecule has 1 aromatic heterocycles. The minimum absolute atomic E-state index is 0.122. The topological polar surface area (TPSA) is 97.4 Å². The molecule has 0 saturated heterocycles. The van der Waals surface area contributed by atoms with Gasteiger partial charge in [-0.05, 0) is 60.8 Å². The molecule has 0 aliphatic carbocycles. The monoisotopic (exact) mass is 479 g/mol. The smallest absolute Gasteiger partial charge is 0.306 e. The Balaban J connectivity index is 1.61. The van der Waals surface area contributed by atoms with Crippen LogP contribution < -0.4 is 10.6 Å². The predicted molar refractivity (Wildman–Crippen MR) is 121 cm³/mol. The maximum absolute atomic E-state index is 13.4. The second kappa shape index (κ2) is 9.69. The molecule has 0 fully saturated rings. The van der Waals surface area contributed by atoms with Crippen LogP contribution in [-0.4, -0.2) is 15.9 Å². The van der Waals surface area contributed by atoms with Gasteiger partial charge in [0, 0.05) is 28.4 Å². The average Bonchev–Trinajstić information content (AvgIpc) is 3.16. The third-order valence-electron chi connectivity index (χ3n) is 3.86. The first-order chi connectivity index (χ1) is 14.7. The Hall–Kier alpha value is -3.27. The van der Waals surface area contributed by atoms with Gasteiger partial charge in [-0.15, -0.1) is 0 Å². The number of carbonyl (C=O) groups is 1. The van der Waals surface area contributed by atoms with Crippen molar-refractivity contribution in [3.8, 4) is 11.3 Å². The summed E-state index contributed by atoms with van der Waals surface area (Å²) in [5.74, 6) is -0.663. The Labute approximate surface area is 190 Å². The van der Waals surface area contributed by atoms with Gasteiger partial charge >= 0.3 is 5.69 Å². The number of halogens is 3. The van der Waals surface area contributed by atoms with E-state index in [1.807, 2.05) is 0 Å². The number of nitrogens with one attached hydrogen (secondary N) is 2. The van der Waals surface area contributed by atoms with Gasteiger partial charge < -0.3 is 9.73 Å². The second-order valence-electron chi connectivity index (χ2n) is 6.03. The number of benzene rings is 2. The molecule has 2 N–H and O–H groups in total. The van der Waals surface area contributed by atoms with Crippen molar-refractivity contribution in [2.24, 2.45) is 0 Å². The number of nitro benzene ring substituents is 1. The van der Waals surface area contributed by atoms with Crippen LogP contribution in [0.5, 0.6) is 0 Å². The van der Waals surface area contributed by atoms with E-state index in [4.69, 9.17) is 39.8 Å². The lowest BCUT2D eigenvalue weighted by Gasteiger charge is -2.08. The summed E-state index contributed by atoms with van der Waals surface area (Å²) < 4.78 is 19.0. The van der Waals surface area contributed by atoms with Crippen molar-refractivity contribution in [1.82, 2.24) is 5.32 Å². The largest absolute Gasteiger partial charge is 0.457 e. The fraction of sp³-hybridized carbons (Fsp3) is 0. The molecule has 0 radical (unpaired) electrons. The number of nitro groups is 1. The van der Waals surface area contributed by atoms with Gasteiger partial charge in [0.05, 0.1) is 9.95 Å². The normalized spacial score (nSPS) is 10.8. The third kappa shape index (κ3) is 5.88. The number of amides is 1. The number of nitrogens with zero attached hydrogens (tertiary/aromatic N) is 1. The van der Waals surface area contributed by atoms with Gasteiger partial charge in [0.15, 0.2) is 5.11 Å². The summed E-state index contributed by atoms with van der Waals surface area (Å²) >= 11 is 17.0. The molecule has 31 heavy (non-hydrogen) atoms. The van der Waals surface area contributed by atoms with Crippen molar-refractivity contribution in [2.45, 2.75) is 0 Å². The highest BCUT2D eigenvalue weighted by Gasteiger charge is 2.15. The molecule has 0 aliphatic heterocycles. The van der Waals surface area contributed by atoms with E-state index < -0.39 is 22.3 Å². The lowest BCUT2D eigenvalue weighted by Crippen LogP contribution is -2.32. The lowest BCUT2D eigenvalue weighted by atomic mass is 10.2. The fourth-order valence-electron chi connectivity index (χ4n) is 2.48. The first-order valence-corrected chi connectivity index (χ1v) is 9.68. The number of rotatable bonds is 5. The highest BCUT2D eigenvalue weighted by molar-refractivity contribution is 7.80. The van der Waals surface area contributed by atoms with Crippen LogP contribution in [-0.2, 0) is 4.79 Å². The predicted octanol–water partition coefficient (Wildman–Crippen LogP) is 5.83. The molecule has 158 valence electrons. The minimum atomic E-state index is -0.980. The third-order valence-corrected chi connectivity index (χ3v) is 4.61. The number of carbonyl (C=O) groups excluding carboxylic acids is 1. The lowest BCUT2D eigenvalue weighted by molar-refractivity contribution is -0.387. The summed E-state index contributed by atoms with van der Waals surface area (Å²) in [4.78, 5) is 22.0. The van der Waals surface area contributed by atoms with Crippen LogP contribution >= 0.6 is 35.4 Å². The van der Waals surface area contributed by atoms with Crippen molar-refractivity contribution < 1.29 is 18.5 Å². The van der Waals surface area contributed by atoms with Crippen molar-refractivity contribution in [3.05, 3.63) is 86.3 Å². The number of thiocarbonyl (C=S) groups is 1. The first-order valence-electron chi connectivity index (χ1n) is 8.52. The maximum atomic E-state index is 13.4. The molecule has 0 unspecified atom stereocenters. The van der Waals surface area contributed by atoms with E-state index >= 15 is 0 Å². The minimum Gasteiger partial charge on any atom is -0.457 e. The summed E-state index contributed by atoms with van der Waals surface area (Å²) in [6, 6.07) is 11.5. The quantitative estimate of drug-likeness (QED) is 0.207. The molecule has 0 spiro atoms. The van der Waals surface area contributed by atoms with Crippen LogP contribution in [0, 0.1) is 15.9 Å². The zero-order chi connectivity index (χ0) is 22.5. The van der Waals surface area contributed by atoms with Crippen LogP contribution in [0.15, 0.2) is 59.0 Å². The van der Waals surface area contributed by atoms with E-state index in [9.17, 15) is 19.3 Å². The standard InChI is InChI=1S/C20H12Cl2FN3O4S/c21-11-1-5-14(15(22)9-11)18-7-3-13(30-18)4-8-19(27)25-20(31)24-12-2-6-16(23)17(10-12)26(28)29/h1-10H,(H2,24,25,27,31)/b8-4+. The first kappa shape index (κ1) is 22.4. The van der Waals surface area contributed by atoms with Gasteiger partial charge in [-0.25, -0.2) is 0 Å². The van der Waals surface area contributed by atoms with Gasteiger partial charge in [-0.2, -0.15) is 4.39 Å². The fourth-order valence-corrected chi connectivity index (χ4v) is 3.20. The molecule has 1 amide bonds. The average molecular weight is 480 g/mol. The molecule has 11 heteroatoms. The molecular formula is C20H12Cl2FN3O4S. The molecular weight excluding hydrogens is 468 g/mol. The summed E-state index contributed by atoms with van der Waals surface area (Å²) in [5, 5.41) is 16.5. The summed E-state index contributed by atoms with van der Waals surface area (Å²) in [5.41, 5.74) is 0.0836. The van der Waals surface area contributed by atoms with Gasteiger partial charge in [-0.3, -0.25) is 20.2 Å². The Morgan fingerprint density at radius 1 is 1.16 bits per heavy atom. The summed E-state index contributed by atoms with van der Waals surface area (Å²) in [7, 11) is 0. The summed E-state index contributed by atoms with van der Waals surface area (Å²) in [6.07, 6.45) is 2.61. The van der Waals surface area contributed by atoms with E-state index in [-0.39, 0.29) is 10.8 Å². The Morgan fingerprint density at radius 3 is 2.65 bits per heavy atom. The van der Waals surface area contributed by atoms with Crippen molar-refractivity contribution in [3.63, 3.8) is 0 Å². The Morgan fingerprint density at radius 2 is 1.94 bits per heavy atom. The van der Waals surface area contributed by atoms with Crippen molar-refractivity contribution in [1.29, 1.82) is 0 Å². The Bertz CT molecular complexity index is 1210. The molecule has 0 bridgehead atoms. The summed E-state index contributed by atoms with van der Waals surface area (Å²) in [6.45, 7) is 0. The van der Waals surface area contributed by atoms with Crippen LogP contribution in [0.1, 0.15) is 5.76 Å². The number of hydrogen-bond donors (Lipinski definition) is 2. The molecule has 2 aromatic carbocycles. The number of hydrogen-bond acceptors (Lipinski definition) is 5. The molecule has 0 atom stereocenters. The van der Waals surface area contributed by atoms with Crippen LogP contribution in [0.3, 0.4) is 0 Å². The second-order valence-corrected chi connectivity index (χ2v) is 7.28. The highest BCUT2D eigenvalue weighted by Crippen LogP contribution is 2.31. The van der Waals surface area contributed by atoms with E-state index in [0.29, 0.717) is 27.1 Å². The molecule has 0 aliphatic rings. The molecule has 1 heterocycles. The van der Waals surface area contributed by atoms with Gasteiger partial charge in [0.2, 0.25) is 11.7 Å². The molecule has 0 saturated carbocycles. The number of anilines is 1. The van der Waals surface area contributed by atoms with Crippen molar-refractivity contribution >= 4 is 63.9 Å². The molecule has 3 rings (SSSR count). The zero-order valence-electron chi connectivity index (χ0n) is 15.4. The highest BCUT2D eigenvalue weighted by atomic mass is 35.5. The number of furan rings is 1. The molecule has 3 aromatic rings.